The smallest absolute Gasteiger partial charge is 0.258 e. The van der Waals surface area contributed by atoms with Gasteiger partial charge < -0.3 is 14.6 Å². The molecule has 172 valence electrons. The number of aryl methyl sites for hydroxylation is 1. The minimum atomic E-state index is 0.000113. The molecule has 1 aromatic heterocycles. The SMILES string of the molecule is CC(C)Oc1ccc(-c2nc(-c3cccc4c3C(C)CC4)no2)cc1C#N.CNCCN=O. The quantitative estimate of drug-likeness (QED) is 0.397. The summed E-state index contributed by atoms with van der Waals surface area (Å²) < 4.78 is 11.2. The fourth-order valence-corrected chi connectivity index (χ4v) is 3.84. The molecule has 8 nitrogen and oxygen atoms in total. The molecule has 2 aromatic carbocycles. The highest BCUT2D eigenvalue weighted by atomic mass is 16.5. The zero-order valence-electron chi connectivity index (χ0n) is 19.5. The molecular weight excluding hydrogens is 418 g/mol. The summed E-state index contributed by atoms with van der Waals surface area (Å²) in [5, 5.41) is 19.0. The van der Waals surface area contributed by atoms with Crippen LogP contribution < -0.4 is 10.1 Å². The predicted molar refractivity (Wildman–Crippen MR) is 127 cm³/mol. The Labute approximate surface area is 193 Å². The maximum atomic E-state index is 9.42. The number of nitrogens with zero attached hydrogens (tertiary/aromatic N) is 4. The largest absolute Gasteiger partial charge is 0.490 e. The van der Waals surface area contributed by atoms with Crippen LogP contribution in [0.4, 0.5) is 0 Å². The third kappa shape index (κ3) is 5.82. The van der Waals surface area contributed by atoms with Crippen LogP contribution in [0.25, 0.3) is 22.8 Å². The van der Waals surface area contributed by atoms with Crippen molar-refractivity contribution >= 4 is 0 Å². The summed E-state index contributed by atoms with van der Waals surface area (Å²) in [5.74, 6) is 2.05. The molecule has 1 unspecified atom stereocenters. The van der Waals surface area contributed by atoms with E-state index in [1.807, 2.05) is 26.0 Å². The normalized spacial score (nSPS) is 14.2. The highest BCUT2D eigenvalue weighted by molar-refractivity contribution is 5.67. The lowest BCUT2D eigenvalue weighted by atomic mass is 9.97. The first-order valence-corrected chi connectivity index (χ1v) is 11.1. The number of nitriles is 1. The molecule has 1 aliphatic carbocycles. The Kier molecular flexibility index (Phi) is 8.28. The number of likely N-dealkylation sites (N-methyl/N-ethyl adjacent to an activating group) is 1. The van der Waals surface area contributed by atoms with Crippen LogP contribution >= 0.6 is 0 Å². The zero-order valence-corrected chi connectivity index (χ0v) is 19.5. The molecule has 4 rings (SSSR count). The van der Waals surface area contributed by atoms with Crippen molar-refractivity contribution in [1.82, 2.24) is 15.5 Å². The maximum absolute atomic E-state index is 9.42. The van der Waals surface area contributed by atoms with Gasteiger partial charge >= 0.3 is 0 Å². The molecule has 0 amide bonds. The Morgan fingerprint density at radius 2 is 2.15 bits per heavy atom. The summed E-state index contributed by atoms with van der Waals surface area (Å²) in [6.45, 7) is 7.15. The third-order valence-corrected chi connectivity index (χ3v) is 5.37. The summed E-state index contributed by atoms with van der Waals surface area (Å²) in [5.41, 5.74) is 4.89. The predicted octanol–water partition coefficient (Wildman–Crippen LogP) is 5.08. The van der Waals surface area contributed by atoms with Crippen molar-refractivity contribution in [2.45, 2.75) is 45.6 Å². The van der Waals surface area contributed by atoms with E-state index in [0.29, 0.717) is 47.6 Å². The second-order valence-corrected chi connectivity index (χ2v) is 8.19. The van der Waals surface area contributed by atoms with Gasteiger partial charge in [-0.3, -0.25) is 0 Å². The van der Waals surface area contributed by atoms with E-state index in [-0.39, 0.29) is 6.10 Å². The number of ether oxygens (including phenoxy) is 1. The van der Waals surface area contributed by atoms with E-state index >= 15 is 0 Å². The van der Waals surface area contributed by atoms with Crippen LogP contribution in [0.5, 0.6) is 5.75 Å². The van der Waals surface area contributed by atoms with Crippen LogP contribution in [0.1, 0.15) is 49.8 Å². The van der Waals surface area contributed by atoms with Crippen LogP contribution in [-0.2, 0) is 6.42 Å². The summed E-state index contributed by atoms with van der Waals surface area (Å²) >= 11 is 0. The van der Waals surface area contributed by atoms with Crippen molar-refractivity contribution in [2.75, 3.05) is 20.1 Å². The number of fused-ring (bicyclic) bond motifs is 1. The lowest BCUT2D eigenvalue weighted by Crippen LogP contribution is -2.09. The van der Waals surface area contributed by atoms with Gasteiger partial charge in [0.2, 0.25) is 5.82 Å². The van der Waals surface area contributed by atoms with Gasteiger partial charge in [-0.1, -0.05) is 35.5 Å². The highest BCUT2D eigenvalue weighted by Gasteiger charge is 2.24. The first kappa shape index (κ1) is 24.1. The van der Waals surface area contributed by atoms with Gasteiger partial charge in [-0.25, -0.2) is 0 Å². The van der Waals surface area contributed by atoms with Gasteiger partial charge in [0.25, 0.3) is 5.89 Å². The van der Waals surface area contributed by atoms with E-state index < -0.39 is 0 Å². The number of rotatable bonds is 7. The summed E-state index contributed by atoms with van der Waals surface area (Å²) in [7, 11) is 1.78. The van der Waals surface area contributed by atoms with E-state index in [1.54, 1.807) is 19.2 Å². The number of hydrogen-bond acceptors (Lipinski definition) is 8. The lowest BCUT2D eigenvalue weighted by molar-refractivity contribution is 0.241. The molecule has 3 aromatic rings. The topological polar surface area (TPSA) is 113 Å². The summed E-state index contributed by atoms with van der Waals surface area (Å²) in [6.07, 6.45) is 2.25. The van der Waals surface area contributed by atoms with Crippen molar-refractivity contribution < 1.29 is 9.26 Å². The molecule has 0 saturated carbocycles. The standard InChI is InChI=1S/C22H21N3O2.C3H8N2O/c1-13(2)26-19-10-9-16(11-17(19)12-23)22-24-21(25-27-22)18-6-4-5-15-8-7-14(3)20(15)18;1-4-2-3-5-6/h4-6,9-11,13-14H,7-8H2,1-3H3;4H,2-3H2,1H3. The molecule has 0 bridgehead atoms. The molecule has 0 fully saturated rings. The molecule has 0 aliphatic heterocycles. The molecule has 1 N–H and O–H groups in total. The Bertz CT molecular complexity index is 1130. The monoisotopic (exact) mass is 447 g/mol. The summed E-state index contributed by atoms with van der Waals surface area (Å²) in [4.78, 5) is 13.9. The first-order chi connectivity index (χ1) is 16.0. The number of aromatic nitrogens is 2. The van der Waals surface area contributed by atoms with Gasteiger partial charge in [-0.05, 0) is 69.0 Å². The molecule has 33 heavy (non-hydrogen) atoms. The van der Waals surface area contributed by atoms with Crippen LogP contribution in [0.15, 0.2) is 46.1 Å². The average molecular weight is 448 g/mol. The van der Waals surface area contributed by atoms with Crippen LogP contribution in [0, 0.1) is 16.2 Å². The number of hydrogen-bond donors (Lipinski definition) is 1. The van der Waals surface area contributed by atoms with Gasteiger partial charge in [-0.2, -0.15) is 15.2 Å². The van der Waals surface area contributed by atoms with Gasteiger partial charge in [0.15, 0.2) is 0 Å². The minimum Gasteiger partial charge on any atom is -0.490 e. The highest BCUT2D eigenvalue weighted by Crippen LogP contribution is 2.39. The van der Waals surface area contributed by atoms with Crippen molar-refractivity contribution in [3.05, 3.63) is 58.0 Å². The van der Waals surface area contributed by atoms with Crippen molar-refractivity contribution in [3.63, 3.8) is 0 Å². The molecule has 0 saturated heterocycles. The molecule has 1 heterocycles. The van der Waals surface area contributed by atoms with E-state index in [2.05, 4.69) is 45.8 Å². The molecule has 0 radical (unpaired) electrons. The second kappa shape index (κ2) is 11.3. The lowest BCUT2D eigenvalue weighted by Gasteiger charge is -2.11. The Morgan fingerprint density at radius 1 is 1.33 bits per heavy atom. The zero-order chi connectivity index (χ0) is 23.8. The van der Waals surface area contributed by atoms with Crippen molar-refractivity contribution in [3.8, 4) is 34.7 Å². The van der Waals surface area contributed by atoms with Crippen LogP contribution in [0.3, 0.4) is 0 Å². The maximum Gasteiger partial charge on any atom is 0.258 e. The van der Waals surface area contributed by atoms with E-state index in [1.165, 1.54) is 11.1 Å². The number of nitrogens with one attached hydrogen (secondary N) is 1. The van der Waals surface area contributed by atoms with Gasteiger partial charge in [-0.15, -0.1) is 0 Å². The van der Waals surface area contributed by atoms with E-state index in [0.717, 1.165) is 18.4 Å². The number of nitroso groups, excluding NO2 is 1. The van der Waals surface area contributed by atoms with Crippen LogP contribution in [0.2, 0.25) is 0 Å². The average Bonchev–Trinajstić information content (AvgIpc) is 3.45. The minimum absolute atomic E-state index is 0.000113. The van der Waals surface area contributed by atoms with Crippen molar-refractivity contribution in [2.24, 2.45) is 5.18 Å². The van der Waals surface area contributed by atoms with E-state index in [9.17, 15) is 10.2 Å². The Morgan fingerprint density at radius 3 is 2.82 bits per heavy atom. The first-order valence-electron chi connectivity index (χ1n) is 11.1. The summed E-state index contributed by atoms with van der Waals surface area (Å²) in [6, 6.07) is 13.8. The van der Waals surface area contributed by atoms with Gasteiger partial charge in [0.05, 0.1) is 18.2 Å². The third-order valence-electron chi connectivity index (χ3n) is 5.37. The second-order valence-electron chi connectivity index (χ2n) is 8.19. The van der Waals surface area contributed by atoms with Crippen molar-refractivity contribution in [1.29, 1.82) is 5.26 Å². The van der Waals surface area contributed by atoms with Gasteiger partial charge in [0, 0.05) is 17.7 Å². The molecule has 0 spiro atoms. The molecule has 8 heteroatoms. The molecule has 1 atom stereocenters. The fraction of sp³-hybridized carbons (Fsp3) is 0.400. The van der Waals surface area contributed by atoms with Crippen LogP contribution in [-0.4, -0.2) is 36.4 Å². The van der Waals surface area contributed by atoms with Gasteiger partial charge in [0.1, 0.15) is 11.8 Å². The molecular formula is C25H29N5O3. The Balaban J connectivity index is 0.000000454. The number of benzene rings is 2. The fourth-order valence-electron chi connectivity index (χ4n) is 3.84. The Hall–Kier alpha value is -3.57. The van der Waals surface area contributed by atoms with E-state index in [4.69, 9.17) is 9.26 Å². The molecule has 1 aliphatic rings.